The number of fused-ring (bicyclic) bond motifs is 1. The molecule has 1 unspecified atom stereocenters. The summed E-state index contributed by atoms with van der Waals surface area (Å²) in [6.07, 6.45) is 4.41. The Hall–Kier alpha value is -2.88. The molecule has 1 aromatic carbocycles. The second-order valence-electron chi connectivity index (χ2n) is 6.22. The van der Waals surface area contributed by atoms with Crippen LogP contribution < -0.4 is 4.90 Å². The molecule has 0 saturated carbocycles. The molecular formula is C21H23N3O. The minimum atomic E-state index is -0.109. The molecule has 0 bridgehead atoms. The maximum absolute atomic E-state index is 12.8. The van der Waals surface area contributed by atoms with Crippen LogP contribution in [0.4, 0.5) is 11.5 Å². The maximum atomic E-state index is 12.8. The van der Waals surface area contributed by atoms with E-state index in [-0.39, 0.29) is 5.91 Å². The van der Waals surface area contributed by atoms with Gasteiger partial charge in [-0.25, -0.2) is 4.98 Å². The summed E-state index contributed by atoms with van der Waals surface area (Å²) in [5, 5.41) is 0. The lowest BCUT2D eigenvalue weighted by Gasteiger charge is -2.25. The highest BCUT2D eigenvalue weighted by molar-refractivity contribution is 5.93. The largest absolute Gasteiger partial charge is 0.330 e. The van der Waals surface area contributed by atoms with Crippen molar-refractivity contribution in [3.8, 4) is 0 Å². The Morgan fingerprint density at radius 1 is 1.20 bits per heavy atom. The SMILES string of the molecule is C=CCN(CC=C)C(=O)c1cccc(N2c3ccccc3CC2C)n1. The topological polar surface area (TPSA) is 36.4 Å². The molecule has 0 N–H and O–H groups in total. The molecule has 0 radical (unpaired) electrons. The van der Waals surface area contributed by atoms with Crippen LogP contribution in [0.15, 0.2) is 67.8 Å². The van der Waals surface area contributed by atoms with E-state index in [1.807, 2.05) is 18.2 Å². The van der Waals surface area contributed by atoms with E-state index in [0.29, 0.717) is 24.8 Å². The van der Waals surface area contributed by atoms with Gasteiger partial charge >= 0.3 is 0 Å². The normalized spacial score (nSPS) is 15.6. The summed E-state index contributed by atoms with van der Waals surface area (Å²) in [5.41, 5.74) is 2.92. The summed E-state index contributed by atoms with van der Waals surface area (Å²) >= 11 is 0. The summed E-state index contributed by atoms with van der Waals surface area (Å²) in [4.78, 5) is 21.3. The van der Waals surface area contributed by atoms with E-state index >= 15 is 0 Å². The first-order valence-corrected chi connectivity index (χ1v) is 8.51. The highest BCUT2D eigenvalue weighted by Crippen LogP contribution is 2.37. The Labute approximate surface area is 149 Å². The average Bonchev–Trinajstić information content (AvgIpc) is 2.96. The van der Waals surface area contributed by atoms with Crippen LogP contribution in [0.25, 0.3) is 0 Å². The van der Waals surface area contributed by atoms with Crippen molar-refractivity contribution >= 4 is 17.4 Å². The number of anilines is 2. The predicted molar refractivity (Wildman–Crippen MR) is 102 cm³/mol. The number of nitrogens with zero attached hydrogens (tertiary/aromatic N) is 3. The summed E-state index contributed by atoms with van der Waals surface area (Å²) in [6, 6.07) is 14.3. The van der Waals surface area contributed by atoms with Crippen LogP contribution in [0.2, 0.25) is 0 Å². The van der Waals surface area contributed by atoms with Gasteiger partial charge in [0, 0.05) is 24.8 Å². The number of amides is 1. The number of pyridine rings is 1. The number of aromatic nitrogens is 1. The lowest BCUT2D eigenvalue weighted by atomic mass is 10.1. The van der Waals surface area contributed by atoms with Crippen molar-refractivity contribution < 1.29 is 4.79 Å². The van der Waals surface area contributed by atoms with E-state index < -0.39 is 0 Å². The van der Waals surface area contributed by atoms with E-state index in [2.05, 4.69) is 48.2 Å². The van der Waals surface area contributed by atoms with E-state index in [1.54, 1.807) is 23.1 Å². The number of carbonyl (C=O) groups excluding carboxylic acids is 1. The first kappa shape index (κ1) is 17.0. The molecule has 0 spiro atoms. The van der Waals surface area contributed by atoms with Gasteiger partial charge in [0.15, 0.2) is 0 Å². The first-order chi connectivity index (χ1) is 12.2. The van der Waals surface area contributed by atoms with Crippen molar-refractivity contribution in [2.75, 3.05) is 18.0 Å². The third kappa shape index (κ3) is 3.33. The molecule has 0 fully saturated rings. The van der Waals surface area contributed by atoms with Gasteiger partial charge in [-0.2, -0.15) is 0 Å². The van der Waals surface area contributed by atoms with Crippen molar-refractivity contribution in [1.82, 2.24) is 9.88 Å². The monoisotopic (exact) mass is 333 g/mol. The molecule has 0 saturated heterocycles. The fourth-order valence-corrected chi connectivity index (χ4v) is 3.31. The molecule has 1 atom stereocenters. The van der Waals surface area contributed by atoms with E-state index in [1.165, 1.54) is 11.3 Å². The van der Waals surface area contributed by atoms with Crippen LogP contribution in [-0.2, 0) is 6.42 Å². The quantitative estimate of drug-likeness (QED) is 0.750. The van der Waals surface area contributed by atoms with Gasteiger partial charge in [0.05, 0.1) is 0 Å². The van der Waals surface area contributed by atoms with Crippen molar-refractivity contribution in [1.29, 1.82) is 0 Å². The third-order valence-electron chi connectivity index (χ3n) is 4.39. The van der Waals surface area contributed by atoms with Crippen LogP contribution in [0.1, 0.15) is 23.0 Å². The summed E-state index contributed by atoms with van der Waals surface area (Å²) in [5.74, 6) is 0.697. The molecule has 1 aliphatic rings. The zero-order valence-electron chi connectivity index (χ0n) is 14.6. The molecule has 2 aromatic rings. The first-order valence-electron chi connectivity index (χ1n) is 8.51. The smallest absolute Gasteiger partial charge is 0.273 e. The Bertz CT molecular complexity index is 789. The van der Waals surface area contributed by atoms with Crippen molar-refractivity contribution in [2.45, 2.75) is 19.4 Å². The second-order valence-corrected chi connectivity index (χ2v) is 6.22. The molecule has 0 aliphatic carbocycles. The lowest BCUT2D eigenvalue weighted by molar-refractivity contribution is 0.0785. The van der Waals surface area contributed by atoms with Gasteiger partial charge in [-0.3, -0.25) is 4.79 Å². The van der Waals surface area contributed by atoms with Crippen LogP contribution in [0, 0.1) is 0 Å². The maximum Gasteiger partial charge on any atom is 0.273 e. The second kappa shape index (κ2) is 7.34. The summed E-state index contributed by atoms with van der Waals surface area (Å²) in [7, 11) is 0. The molecule has 25 heavy (non-hydrogen) atoms. The predicted octanol–water partition coefficient (Wildman–Crippen LogP) is 3.98. The fourth-order valence-electron chi connectivity index (χ4n) is 3.31. The standard InChI is InChI=1S/C21H23N3O/c1-4-13-23(14-5-2)21(25)18-10-8-12-20(22-18)24-16(3)15-17-9-6-7-11-19(17)24/h4-12,16H,1-2,13-15H2,3H3. The molecular weight excluding hydrogens is 310 g/mol. The zero-order chi connectivity index (χ0) is 17.8. The van der Waals surface area contributed by atoms with Crippen molar-refractivity contribution in [3.63, 3.8) is 0 Å². The zero-order valence-corrected chi connectivity index (χ0v) is 14.6. The van der Waals surface area contributed by atoms with E-state index in [4.69, 9.17) is 0 Å². The van der Waals surface area contributed by atoms with Crippen LogP contribution in [0.5, 0.6) is 0 Å². The molecule has 1 aliphatic heterocycles. The molecule has 2 heterocycles. The molecule has 1 aromatic heterocycles. The van der Waals surface area contributed by atoms with Gasteiger partial charge in [-0.05, 0) is 37.1 Å². The number of hydrogen-bond donors (Lipinski definition) is 0. The van der Waals surface area contributed by atoms with Crippen LogP contribution >= 0.6 is 0 Å². The number of rotatable bonds is 6. The Morgan fingerprint density at radius 2 is 1.92 bits per heavy atom. The number of benzene rings is 1. The summed E-state index contributed by atoms with van der Waals surface area (Å²) in [6.45, 7) is 10.6. The Morgan fingerprint density at radius 3 is 2.64 bits per heavy atom. The fraction of sp³-hybridized carbons (Fsp3) is 0.238. The molecule has 3 rings (SSSR count). The lowest BCUT2D eigenvalue weighted by Crippen LogP contribution is -2.32. The minimum Gasteiger partial charge on any atom is -0.330 e. The van der Waals surface area contributed by atoms with Crippen molar-refractivity contribution in [3.05, 3.63) is 79.0 Å². The Kier molecular flexibility index (Phi) is 4.98. The highest BCUT2D eigenvalue weighted by atomic mass is 16.2. The summed E-state index contributed by atoms with van der Waals surface area (Å²) < 4.78 is 0. The van der Waals surface area contributed by atoms with Gasteiger partial charge in [0.25, 0.3) is 5.91 Å². The van der Waals surface area contributed by atoms with E-state index in [0.717, 1.165) is 12.2 Å². The van der Waals surface area contributed by atoms with E-state index in [9.17, 15) is 4.79 Å². The Balaban J connectivity index is 1.93. The average molecular weight is 333 g/mol. The van der Waals surface area contributed by atoms with Crippen LogP contribution in [-0.4, -0.2) is 34.9 Å². The van der Waals surface area contributed by atoms with Gasteiger partial charge in [-0.15, -0.1) is 13.2 Å². The number of carbonyl (C=O) groups is 1. The minimum absolute atomic E-state index is 0.109. The number of para-hydroxylation sites is 1. The number of hydrogen-bond acceptors (Lipinski definition) is 3. The van der Waals surface area contributed by atoms with Gasteiger partial charge in [0.1, 0.15) is 11.5 Å². The third-order valence-corrected chi connectivity index (χ3v) is 4.39. The molecule has 128 valence electrons. The van der Waals surface area contributed by atoms with Crippen molar-refractivity contribution in [2.24, 2.45) is 0 Å². The van der Waals surface area contributed by atoms with Gasteiger partial charge in [-0.1, -0.05) is 36.4 Å². The molecule has 4 nitrogen and oxygen atoms in total. The van der Waals surface area contributed by atoms with Gasteiger partial charge in [0.2, 0.25) is 0 Å². The molecule has 4 heteroatoms. The van der Waals surface area contributed by atoms with Gasteiger partial charge < -0.3 is 9.80 Å². The van der Waals surface area contributed by atoms with Crippen LogP contribution in [0.3, 0.4) is 0 Å². The molecule has 1 amide bonds. The highest BCUT2D eigenvalue weighted by Gasteiger charge is 2.28.